The molecule has 0 saturated heterocycles. The zero-order chi connectivity index (χ0) is 22.2. The van der Waals surface area contributed by atoms with Crippen LogP contribution in [0.15, 0.2) is 58.1 Å². The van der Waals surface area contributed by atoms with Gasteiger partial charge in [-0.25, -0.2) is 14.1 Å². The van der Waals surface area contributed by atoms with Gasteiger partial charge in [0, 0.05) is 24.1 Å². The van der Waals surface area contributed by atoms with Gasteiger partial charge in [-0.3, -0.25) is 9.59 Å². The molecule has 162 valence electrons. The lowest BCUT2D eigenvalue weighted by molar-refractivity contribution is -0.117. The van der Waals surface area contributed by atoms with Crippen molar-refractivity contribution < 1.29 is 18.7 Å². The summed E-state index contributed by atoms with van der Waals surface area (Å²) >= 11 is 3.30. The van der Waals surface area contributed by atoms with Crippen LogP contribution in [0.2, 0.25) is 0 Å². The van der Waals surface area contributed by atoms with Gasteiger partial charge < -0.3 is 15.4 Å². The van der Waals surface area contributed by atoms with Gasteiger partial charge in [-0.05, 0) is 22.0 Å². The van der Waals surface area contributed by atoms with E-state index in [1.54, 1.807) is 28.9 Å². The minimum atomic E-state index is -1.30. The van der Waals surface area contributed by atoms with Crippen LogP contribution in [0.3, 0.4) is 0 Å². The zero-order valence-electron chi connectivity index (χ0n) is 16.6. The van der Waals surface area contributed by atoms with Crippen LogP contribution < -0.4 is 15.4 Å². The van der Waals surface area contributed by atoms with Crippen molar-refractivity contribution in [1.82, 2.24) is 15.1 Å². The molecule has 2 amide bonds. The second-order valence-electron chi connectivity index (χ2n) is 7.27. The highest BCUT2D eigenvalue weighted by Gasteiger charge is 2.32. The number of carbonyl (C=O) groups is 2. The summed E-state index contributed by atoms with van der Waals surface area (Å²) in [6, 6.07) is 13.6. The molecule has 0 saturated carbocycles. The van der Waals surface area contributed by atoms with Crippen LogP contribution in [0, 0.1) is 5.82 Å². The molecule has 3 heterocycles. The SMILES string of the molecule is O=C(N[C@H]1N=C(c2ccccc2)c2cccc(F)c2NC1=O)c1c(Br)nn2c1OCCC2. The smallest absolute Gasteiger partial charge is 0.269 e. The summed E-state index contributed by atoms with van der Waals surface area (Å²) in [5.74, 6) is -1.50. The van der Waals surface area contributed by atoms with Gasteiger partial charge in [0.2, 0.25) is 12.0 Å². The number of benzodiazepines with no additional fused rings is 1. The maximum absolute atomic E-state index is 14.6. The number of hydrogen-bond acceptors (Lipinski definition) is 5. The second-order valence-corrected chi connectivity index (χ2v) is 8.02. The van der Waals surface area contributed by atoms with Crippen molar-refractivity contribution >= 4 is 39.1 Å². The Morgan fingerprint density at radius 2 is 2.03 bits per heavy atom. The molecule has 5 rings (SSSR count). The third-order valence-electron chi connectivity index (χ3n) is 5.18. The fourth-order valence-corrected chi connectivity index (χ4v) is 4.25. The molecule has 2 N–H and O–H groups in total. The monoisotopic (exact) mass is 497 g/mol. The number of fused-ring (bicyclic) bond motifs is 2. The highest BCUT2D eigenvalue weighted by molar-refractivity contribution is 9.10. The first-order chi connectivity index (χ1) is 15.5. The number of amides is 2. The normalized spacial score (nSPS) is 17.2. The molecular formula is C22H17BrFN5O3. The molecule has 3 aromatic rings. The molecule has 2 aromatic carbocycles. The highest BCUT2D eigenvalue weighted by atomic mass is 79.9. The van der Waals surface area contributed by atoms with Gasteiger partial charge >= 0.3 is 0 Å². The van der Waals surface area contributed by atoms with Gasteiger partial charge in [0.1, 0.15) is 16.0 Å². The quantitative estimate of drug-likeness (QED) is 0.580. The lowest BCUT2D eigenvalue weighted by Crippen LogP contribution is -2.42. The van der Waals surface area contributed by atoms with Gasteiger partial charge in [-0.2, -0.15) is 5.10 Å². The van der Waals surface area contributed by atoms with Gasteiger partial charge in [-0.1, -0.05) is 42.5 Å². The summed E-state index contributed by atoms with van der Waals surface area (Å²) in [5, 5.41) is 9.46. The first-order valence-corrected chi connectivity index (χ1v) is 10.7. The third kappa shape index (κ3) is 3.56. The topological polar surface area (TPSA) is 97.6 Å². The minimum Gasteiger partial charge on any atom is -0.477 e. The number of aliphatic imine (C=N–C) groups is 1. The predicted octanol–water partition coefficient (Wildman–Crippen LogP) is 3.11. The molecule has 0 unspecified atom stereocenters. The van der Waals surface area contributed by atoms with E-state index in [1.165, 1.54) is 6.07 Å². The van der Waals surface area contributed by atoms with Crippen LogP contribution in [0.1, 0.15) is 27.9 Å². The summed E-state index contributed by atoms with van der Waals surface area (Å²) in [6.07, 6.45) is -0.516. The summed E-state index contributed by atoms with van der Waals surface area (Å²) in [7, 11) is 0. The van der Waals surface area contributed by atoms with Gasteiger partial charge in [0.15, 0.2) is 0 Å². The Morgan fingerprint density at radius 3 is 2.84 bits per heavy atom. The van der Waals surface area contributed by atoms with Crippen LogP contribution in [0.5, 0.6) is 5.88 Å². The molecule has 2 aliphatic rings. The lowest BCUT2D eigenvalue weighted by atomic mass is 10.0. The van der Waals surface area contributed by atoms with Crippen molar-refractivity contribution in [2.24, 2.45) is 4.99 Å². The van der Waals surface area contributed by atoms with E-state index in [9.17, 15) is 14.0 Å². The molecule has 0 aliphatic carbocycles. The number of anilines is 1. The fraction of sp³-hybridized carbons (Fsp3) is 0.182. The van der Waals surface area contributed by atoms with Crippen molar-refractivity contribution in [1.29, 1.82) is 0 Å². The van der Waals surface area contributed by atoms with Gasteiger partial charge in [0.25, 0.3) is 11.8 Å². The zero-order valence-corrected chi connectivity index (χ0v) is 18.2. The minimum absolute atomic E-state index is 0.0179. The highest BCUT2D eigenvalue weighted by Crippen LogP contribution is 2.30. The number of rotatable bonds is 3. The third-order valence-corrected chi connectivity index (χ3v) is 5.74. The standard InChI is InChI=1S/C22H17BrFN5O3/c23-18-15(22-29(28-18)10-5-11-32-22)20(30)27-19-21(31)26-17-13(8-4-9-14(17)24)16(25-19)12-6-2-1-3-7-12/h1-4,6-9,19H,5,10-11H2,(H,26,31)(H,27,30)/t19-/m1/s1. The van der Waals surface area contributed by atoms with E-state index >= 15 is 0 Å². The number of ether oxygens (including phenoxy) is 1. The van der Waals surface area contributed by atoms with Crippen molar-refractivity contribution in [3.05, 3.63) is 75.6 Å². The summed E-state index contributed by atoms with van der Waals surface area (Å²) in [6.45, 7) is 1.09. The van der Waals surface area contributed by atoms with E-state index in [0.717, 1.165) is 6.42 Å². The number of carbonyl (C=O) groups excluding carboxylic acids is 2. The number of hydrogen-bond donors (Lipinski definition) is 2. The maximum Gasteiger partial charge on any atom is 0.269 e. The Balaban J connectivity index is 1.55. The lowest BCUT2D eigenvalue weighted by Gasteiger charge is -2.17. The first kappa shape index (κ1) is 20.4. The van der Waals surface area contributed by atoms with Crippen molar-refractivity contribution in [2.75, 3.05) is 11.9 Å². The average molecular weight is 498 g/mol. The second kappa shape index (κ2) is 8.19. The molecule has 32 heavy (non-hydrogen) atoms. The average Bonchev–Trinajstić information content (AvgIpc) is 3.06. The first-order valence-electron chi connectivity index (χ1n) is 9.96. The van der Waals surface area contributed by atoms with E-state index < -0.39 is 23.8 Å². The Bertz CT molecular complexity index is 1260. The van der Waals surface area contributed by atoms with Crippen molar-refractivity contribution in [3.8, 4) is 5.88 Å². The number of aromatic nitrogens is 2. The molecule has 1 atom stereocenters. The number of nitrogens with one attached hydrogen (secondary N) is 2. The largest absolute Gasteiger partial charge is 0.477 e. The molecule has 0 spiro atoms. The number of halogens is 2. The van der Waals surface area contributed by atoms with Gasteiger partial charge in [0.05, 0.1) is 18.0 Å². The Hall–Kier alpha value is -3.53. The molecule has 0 radical (unpaired) electrons. The Kier molecular flexibility index (Phi) is 5.22. The molecule has 8 nitrogen and oxygen atoms in total. The van der Waals surface area contributed by atoms with Gasteiger partial charge in [-0.15, -0.1) is 0 Å². The number of para-hydroxylation sites is 1. The molecule has 10 heteroatoms. The Labute approximate surface area is 190 Å². The van der Waals surface area contributed by atoms with E-state index in [0.29, 0.717) is 40.5 Å². The summed E-state index contributed by atoms with van der Waals surface area (Å²) in [4.78, 5) is 30.6. The molecule has 1 aromatic heterocycles. The van der Waals surface area contributed by atoms with E-state index in [-0.39, 0.29) is 11.3 Å². The predicted molar refractivity (Wildman–Crippen MR) is 118 cm³/mol. The fourth-order valence-electron chi connectivity index (χ4n) is 3.71. The van der Waals surface area contributed by atoms with E-state index in [4.69, 9.17) is 4.74 Å². The van der Waals surface area contributed by atoms with E-state index in [1.807, 2.05) is 18.2 Å². The van der Waals surface area contributed by atoms with Crippen molar-refractivity contribution in [3.63, 3.8) is 0 Å². The van der Waals surface area contributed by atoms with Crippen LogP contribution in [0.4, 0.5) is 10.1 Å². The van der Waals surface area contributed by atoms with Crippen LogP contribution >= 0.6 is 15.9 Å². The number of nitrogens with zero attached hydrogens (tertiary/aromatic N) is 3. The van der Waals surface area contributed by atoms with Crippen LogP contribution in [0.25, 0.3) is 0 Å². The molecular weight excluding hydrogens is 481 g/mol. The summed E-state index contributed by atoms with van der Waals surface area (Å²) < 4.78 is 22.1. The summed E-state index contributed by atoms with van der Waals surface area (Å²) in [5.41, 5.74) is 1.69. The van der Waals surface area contributed by atoms with Crippen LogP contribution in [-0.2, 0) is 11.3 Å². The maximum atomic E-state index is 14.6. The molecule has 2 aliphatic heterocycles. The Morgan fingerprint density at radius 1 is 1.22 bits per heavy atom. The van der Waals surface area contributed by atoms with Crippen molar-refractivity contribution in [2.45, 2.75) is 19.1 Å². The number of aryl methyl sites for hydroxylation is 1. The van der Waals surface area contributed by atoms with Crippen LogP contribution in [-0.4, -0.2) is 40.1 Å². The van der Waals surface area contributed by atoms with E-state index in [2.05, 4.69) is 36.7 Å². The molecule has 0 bridgehead atoms. The number of benzene rings is 2. The molecule has 0 fully saturated rings.